The van der Waals surface area contributed by atoms with Gasteiger partial charge in [-0.05, 0) is 31.9 Å². The zero-order valence-corrected chi connectivity index (χ0v) is 15.9. The van der Waals surface area contributed by atoms with Gasteiger partial charge < -0.3 is 9.84 Å². The van der Waals surface area contributed by atoms with Crippen molar-refractivity contribution in [2.45, 2.75) is 37.5 Å². The van der Waals surface area contributed by atoms with Crippen LogP contribution in [0.4, 0.5) is 0 Å². The molecule has 3 atom stereocenters. The Hall–Kier alpha value is -1.98. The lowest BCUT2D eigenvalue weighted by atomic mass is 9.89. The maximum Gasteiger partial charge on any atom is 0.207 e. The Morgan fingerprint density at radius 3 is 1.92 bits per heavy atom. The van der Waals surface area contributed by atoms with Crippen LogP contribution in [0.1, 0.15) is 43.9 Å². The minimum absolute atomic E-state index is 0.260. The second-order valence-corrected chi connectivity index (χ2v) is 8.64. The molecule has 0 amide bonds. The molecule has 0 radical (unpaired) electrons. The molecule has 134 valence electrons. The van der Waals surface area contributed by atoms with Crippen LogP contribution in [0.3, 0.4) is 0 Å². The van der Waals surface area contributed by atoms with Crippen molar-refractivity contribution in [1.29, 1.82) is 0 Å². The molecule has 1 unspecified atom stereocenters. The van der Waals surface area contributed by atoms with E-state index in [1.54, 1.807) is 0 Å². The third-order valence-corrected chi connectivity index (χ3v) is 5.18. The number of benzene rings is 2. The van der Waals surface area contributed by atoms with Gasteiger partial charge in [-0.1, -0.05) is 60.7 Å². The van der Waals surface area contributed by atoms with E-state index in [4.69, 9.17) is 4.74 Å². The summed E-state index contributed by atoms with van der Waals surface area (Å²) >= 11 is 0. The van der Waals surface area contributed by atoms with Crippen molar-refractivity contribution in [3.63, 3.8) is 0 Å². The van der Waals surface area contributed by atoms with Gasteiger partial charge in [0.2, 0.25) is 5.90 Å². The third kappa shape index (κ3) is 5.00. The standard InChI is InChI=1S/C20H25NO3S/c1-20(2,3)25(23)21-19(24-4)17(15-11-7-5-8-12-15)18(22)16-13-9-6-10-14-16/h5-14,17-18,22H,1-4H3/b21-19-/t17-,18+,25?/m1/s1. The molecule has 0 aliphatic carbocycles. The fraction of sp³-hybridized carbons (Fsp3) is 0.350. The lowest BCUT2D eigenvalue weighted by molar-refractivity contribution is 0.158. The van der Waals surface area contributed by atoms with Crippen LogP contribution in [0.5, 0.6) is 0 Å². The van der Waals surface area contributed by atoms with Gasteiger partial charge in [0.25, 0.3) is 0 Å². The molecule has 2 aromatic carbocycles. The van der Waals surface area contributed by atoms with E-state index in [0.29, 0.717) is 0 Å². The highest BCUT2D eigenvalue weighted by Gasteiger charge is 2.31. The molecule has 0 spiro atoms. The first-order valence-electron chi connectivity index (χ1n) is 8.17. The van der Waals surface area contributed by atoms with Crippen molar-refractivity contribution in [2.75, 3.05) is 7.11 Å². The first-order chi connectivity index (χ1) is 11.8. The summed E-state index contributed by atoms with van der Waals surface area (Å²) < 4.78 is 21.7. The Kier molecular flexibility index (Phi) is 6.51. The van der Waals surface area contributed by atoms with Crippen LogP contribution in [0, 0.1) is 0 Å². The largest absolute Gasteiger partial charge is 0.483 e. The van der Waals surface area contributed by atoms with Gasteiger partial charge in [-0.15, -0.1) is 0 Å². The quantitative estimate of drug-likeness (QED) is 0.648. The summed E-state index contributed by atoms with van der Waals surface area (Å²) in [6.07, 6.45) is -0.862. The van der Waals surface area contributed by atoms with Crippen molar-refractivity contribution in [1.82, 2.24) is 0 Å². The van der Waals surface area contributed by atoms with Crippen LogP contribution in [-0.4, -0.2) is 27.1 Å². The fourth-order valence-corrected chi connectivity index (χ4v) is 3.03. The van der Waals surface area contributed by atoms with E-state index in [1.807, 2.05) is 81.4 Å². The van der Waals surface area contributed by atoms with Gasteiger partial charge in [-0.3, -0.25) is 0 Å². The molecule has 5 heteroatoms. The predicted molar refractivity (Wildman–Crippen MR) is 103 cm³/mol. The van der Waals surface area contributed by atoms with Gasteiger partial charge in [0, 0.05) is 0 Å². The highest BCUT2D eigenvalue weighted by atomic mass is 32.2. The number of nitrogens with zero attached hydrogens (tertiary/aromatic N) is 1. The van der Waals surface area contributed by atoms with Crippen LogP contribution < -0.4 is 0 Å². The average Bonchev–Trinajstić information content (AvgIpc) is 2.61. The SMILES string of the molecule is CO/C(=N\S(=O)C(C)(C)C)[C@H](c1ccccc1)[C@@H](O)c1ccccc1. The summed E-state index contributed by atoms with van der Waals surface area (Å²) in [5.74, 6) is -0.282. The van der Waals surface area contributed by atoms with Gasteiger partial charge in [0.05, 0.1) is 23.9 Å². The zero-order chi connectivity index (χ0) is 18.4. The first-order valence-corrected chi connectivity index (χ1v) is 9.27. The second kappa shape index (κ2) is 8.41. The van der Waals surface area contributed by atoms with Crippen LogP contribution in [0.2, 0.25) is 0 Å². The highest BCUT2D eigenvalue weighted by Crippen LogP contribution is 2.33. The predicted octanol–water partition coefficient (Wildman–Crippen LogP) is 4.01. The molecule has 0 bridgehead atoms. The maximum absolute atomic E-state index is 12.5. The number of aliphatic hydroxyl groups is 1. The fourth-order valence-electron chi connectivity index (χ4n) is 2.40. The molecule has 0 aliphatic heterocycles. The molecule has 2 rings (SSSR count). The summed E-state index contributed by atoms with van der Waals surface area (Å²) in [5, 5.41) is 11.0. The number of hydrogen-bond acceptors (Lipinski definition) is 3. The normalized spacial score (nSPS) is 16.1. The van der Waals surface area contributed by atoms with E-state index >= 15 is 0 Å². The Bertz CT molecular complexity index is 724. The maximum atomic E-state index is 12.5. The molecular weight excluding hydrogens is 334 g/mol. The van der Waals surface area contributed by atoms with E-state index in [2.05, 4.69) is 4.40 Å². The monoisotopic (exact) mass is 359 g/mol. The van der Waals surface area contributed by atoms with E-state index in [9.17, 15) is 9.32 Å². The summed E-state index contributed by atoms with van der Waals surface area (Å²) in [6, 6.07) is 18.9. The molecule has 0 saturated heterocycles. The number of aliphatic hydroxyl groups excluding tert-OH is 1. The topological polar surface area (TPSA) is 58.9 Å². The molecule has 2 aromatic rings. The average molecular weight is 359 g/mol. The molecule has 0 heterocycles. The Balaban J connectivity index is 2.51. The summed E-state index contributed by atoms with van der Waals surface area (Å²) in [7, 11) is 0.00969. The number of rotatable bonds is 5. The molecule has 0 saturated carbocycles. The Morgan fingerprint density at radius 1 is 1.00 bits per heavy atom. The lowest BCUT2D eigenvalue weighted by Gasteiger charge is -2.25. The summed E-state index contributed by atoms with van der Waals surface area (Å²) in [6.45, 7) is 5.56. The summed E-state index contributed by atoms with van der Waals surface area (Å²) in [5.41, 5.74) is 1.60. The molecule has 25 heavy (non-hydrogen) atoms. The number of ether oxygens (including phenoxy) is 1. The smallest absolute Gasteiger partial charge is 0.207 e. The van der Waals surface area contributed by atoms with Crippen molar-refractivity contribution in [2.24, 2.45) is 4.40 Å². The van der Waals surface area contributed by atoms with Crippen LogP contribution in [-0.2, 0) is 15.7 Å². The van der Waals surface area contributed by atoms with Crippen LogP contribution >= 0.6 is 0 Å². The molecule has 4 nitrogen and oxygen atoms in total. The zero-order valence-electron chi connectivity index (χ0n) is 15.0. The van der Waals surface area contributed by atoms with Gasteiger partial charge in [0.1, 0.15) is 11.0 Å². The minimum Gasteiger partial charge on any atom is -0.483 e. The molecular formula is C20H25NO3S. The molecule has 0 aliphatic rings. The van der Waals surface area contributed by atoms with E-state index in [-0.39, 0.29) is 5.90 Å². The van der Waals surface area contributed by atoms with Crippen LogP contribution in [0.15, 0.2) is 65.1 Å². The Morgan fingerprint density at radius 2 is 1.48 bits per heavy atom. The highest BCUT2D eigenvalue weighted by molar-refractivity contribution is 7.85. The van der Waals surface area contributed by atoms with Crippen molar-refractivity contribution in [3.05, 3.63) is 71.8 Å². The van der Waals surface area contributed by atoms with Gasteiger partial charge in [0.15, 0.2) is 0 Å². The summed E-state index contributed by atoms with van der Waals surface area (Å²) in [4.78, 5) is 0. The molecule has 0 fully saturated rings. The first kappa shape index (κ1) is 19.3. The second-order valence-electron chi connectivity index (χ2n) is 6.74. The Labute approximate surface area is 152 Å². The number of methoxy groups -OCH3 is 1. The van der Waals surface area contributed by atoms with Crippen molar-refractivity contribution in [3.8, 4) is 0 Å². The molecule has 1 N–H and O–H groups in total. The van der Waals surface area contributed by atoms with E-state index in [1.165, 1.54) is 7.11 Å². The van der Waals surface area contributed by atoms with E-state index < -0.39 is 27.8 Å². The van der Waals surface area contributed by atoms with E-state index in [0.717, 1.165) is 11.1 Å². The lowest BCUT2D eigenvalue weighted by Crippen LogP contribution is -2.26. The van der Waals surface area contributed by atoms with Crippen molar-refractivity contribution >= 4 is 16.9 Å². The third-order valence-electron chi connectivity index (χ3n) is 3.79. The minimum atomic E-state index is -1.48. The molecule has 0 aromatic heterocycles. The van der Waals surface area contributed by atoms with Crippen LogP contribution in [0.25, 0.3) is 0 Å². The van der Waals surface area contributed by atoms with Gasteiger partial charge in [-0.25, -0.2) is 4.21 Å². The number of hydrogen-bond donors (Lipinski definition) is 1. The van der Waals surface area contributed by atoms with Gasteiger partial charge in [-0.2, -0.15) is 4.40 Å². The van der Waals surface area contributed by atoms with Crippen molar-refractivity contribution < 1.29 is 14.1 Å². The van der Waals surface area contributed by atoms with Gasteiger partial charge >= 0.3 is 0 Å².